The summed E-state index contributed by atoms with van der Waals surface area (Å²) in [6, 6.07) is 12.3. The summed E-state index contributed by atoms with van der Waals surface area (Å²) < 4.78 is 6.36. The van der Waals surface area contributed by atoms with E-state index in [1.54, 1.807) is 35.2 Å². The predicted molar refractivity (Wildman–Crippen MR) is 120 cm³/mol. The average Bonchev–Trinajstić information content (AvgIpc) is 3.17. The standard InChI is InChI=1S/C22H22ClN3O3S/c1-15(27)16-2-4-17(5-3-16)21(28)26(9-8-25-10-12-29-13-11-25)22-24-19-7-6-18(23)14-20(19)30-22/h2-7,14H,8-13H2,1H3. The van der Waals surface area contributed by atoms with E-state index in [0.29, 0.717) is 41.0 Å². The SMILES string of the molecule is CC(=O)c1ccc(C(=O)N(CCN2CCOCC2)c2nc3ccc(Cl)cc3s2)cc1. The van der Waals surface area contributed by atoms with Crippen LogP contribution in [0.1, 0.15) is 27.6 Å². The van der Waals surface area contributed by atoms with Crippen LogP contribution < -0.4 is 4.90 Å². The van der Waals surface area contributed by atoms with Crippen LogP contribution in [-0.4, -0.2) is 61.0 Å². The van der Waals surface area contributed by atoms with Crippen molar-refractivity contribution in [3.05, 3.63) is 58.6 Å². The fourth-order valence-corrected chi connectivity index (χ4v) is 4.62. The molecule has 0 bridgehead atoms. The Bertz CT molecular complexity index is 1060. The van der Waals surface area contributed by atoms with E-state index in [9.17, 15) is 9.59 Å². The summed E-state index contributed by atoms with van der Waals surface area (Å²) in [5.41, 5.74) is 1.93. The monoisotopic (exact) mass is 443 g/mol. The highest BCUT2D eigenvalue weighted by Crippen LogP contribution is 2.31. The van der Waals surface area contributed by atoms with E-state index in [2.05, 4.69) is 9.88 Å². The van der Waals surface area contributed by atoms with Crippen molar-refractivity contribution in [2.75, 3.05) is 44.3 Å². The molecule has 0 N–H and O–H groups in total. The Hall–Kier alpha value is -2.32. The maximum atomic E-state index is 13.4. The van der Waals surface area contributed by atoms with E-state index >= 15 is 0 Å². The molecule has 156 valence electrons. The van der Waals surface area contributed by atoms with Crippen LogP contribution in [-0.2, 0) is 4.74 Å². The zero-order valence-electron chi connectivity index (χ0n) is 16.6. The van der Waals surface area contributed by atoms with Crippen LogP contribution in [0.3, 0.4) is 0 Å². The summed E-state index contributed by atoms with van der Waals surface area (Å²) in [6.45, 7) is 5.88. The zero-order valence-corrected chi connectivity index (χ0v) is 18.2. The Kier molecular flexibility index (Phi) is 6.43. The molecule has 1 amide bonds. The van der Waals surface area contributed by atoms with Crippen LogP contribution in [0.15, 0.2) is 42.5 Å². The average molecular weight is 444 g/mol. The minimum Gasteiger partial charge on any atom is -0.379 e. The van der Waals surface area contributed by atoms with Crippen molar-refractivity contribution in [2.45, 2.75) is 6.92 Å². The molecule has 0 spiro atoms. The predicted octanol–water partition coefficient (Wildman–Crippen LogP) is 4.13. The molecule has 8 heteroatoms. The molecule has 1 aliphatic rings. The molecule has 4 rings (SSSR count). The largest absolute Gasteiger partial charge is 0.379 e. The number of fused-ring (bicyclic) bond motifs is 1. The fourth-order valence-electron chi connectivity index (χ4n) is 3.36. The van der Waals surface area contributed by atoms with Gasteiger partial charge in [-0.15, -0.1) is 0 Å². The van der Waals surface area contributed by atoms with Gasteiger partial charge in [0.05, 0.1) is 23.4 Å². The van der Waals surface area contributed by atoms with Crippen molar-refractivity contribution in [3.63, 3.8) is 0 Å². The Morgan fingerprint density at radius 1 is 1.13 bits per heavy atom. The first-order chi connectivity index (χ1) is 14.5. The van der Waals surface area contributed by atoms with Gasteiger partial charge < -0.3 is 4.74 Å². The molecule has 3 aromatic rings. The number of nitrogens with zero attached hydrogens (tertiary/aromatic N) is 3. The lowest BCUT2D eigenvalue weighted by Crippen LogP contribution is -2.43. The van der Waals surface area contributed by atoms with Gasteiger partial charge in [0, 0.05) is 42.3 Å². The molecule has 30 heavy (non-hydrogen) atoms. The molecule has 0 radical (unpaired) electrons. The molecule has 0 atom stereocenters. The van der Waals surface area contributed by atoms with E-state index in [-0.39, 0.29) is 11.7 Å². The van der Waals surface area contributed by atoms with Gasteiger partial charge >= 0.3 is 0 Å². The lowest BCUT2D eigenvalue weighted by Gasteiger charge is -2.29. The fraction of sp³-hybridized carbons (Fsp3) is 0.318. The van der Waals surface area contributed by atoms with Crippen LogP contribution in [0.5, 0.6) is 0 Å². The van der Waals surface area contributed by atoms with Gasteiger partial charge in [0.25, 0.3) is 5.91 Å². The lowest BCUT2D eigenvalue weighted by molar-refractivity contribution is 0.0391. The number of halogens is 1. The number of benzene rings is 2. The Labute approximate surface area is 184 Å². The Morgan fingerprint density at radius 2 is 1.83 bits per heavy atom. The van der Waals surface area contributed by atoms with Crippen molar-refractivity contribution < 1.29 is 14.3 Å². The van der Waals surface area contributed by atoms with Crippen molar-refractivity contribution in [1.82, 2.24) is 9.88 Å². The number of morpholine rings is 1. The van der Waals surface area contributed by atoms with Gasteiger partial charge in [0.1, 0.15) is 0 Å². The highest BCUT2D eigenvalue weighted by molar-refractivity contribution is 7.22. The number of aromatic nitrogens is 1. The van der Waals surface area contributed by atoms with Crippen LogP contribution in [0.2, 0.25) is 5.02 Å². The molecule has 2 heterocycles. The molecular weight excluding hydrogens is 422 g/mol. The number of amides is 1. The quantitative estimate of drug-likeness (QED) is 0.536. The third-order valence-corrected chi connectivity index (χ3v) is 6.37. The minimum atomic E-state index is -0.136. The number of anilines is 1. The summed E-state index contributed by atoms with van der Waals surface area (Å²) in [7, 11) is 0. The van der Waals surface area contributed by atoms with Crippen LogP contribution in [0, 0.1) is 0 Å². The number of carbonyl (C=O) groups is 2. The van der Waals surface area contributed by atoms with Crippen molar-refractivity contribution in [1.29, 1.82) is 0 Å². The maximum absolute atomic E-state index is 13.4. The highest BCUT2D eigenvalue weighted by atomic mass is 35.5. The molecule has 0 aliphatic carbocycles. The number of carbonyl (C=O) groups excluding carboxylic acids is 2. The summed E-state index contributed by atoms with van der Waals surface area (Å²) in [5.74, 6) is -0.162. The van der Waals surface area contributed by atoms with Gasteiger partial charge in [-0.3, -0.25) is 19.4 Å². The van der Waals surface area contributed by atoms with E-state index in [1.165, 1.54) is 18.3 Å². The Balaban J connectivity index is 1.62. The molecule has 1 aromatic heterocycles. The van der Waals surface area contributed by atoms with Gasteiger partial charge in [0.2, 0.25) is 0 Å². The molecule has 1 fully saturated rings. The molecule has 2 aromatic carbocycles. The maximum Gasteiger partial charge on any atom is 0.260 e. The first kappa shape index (κ1) is 20.9. The molecule has 0 unspecified atom stereocenters. The van der Waals surface area contributed by atoms with Crippen molar-refractivity contribution in [3.8, 4) is 0 Å². The second-order valence-corrected chi connectivity index (χ2v) is 8.60. The van der Waals surface area contributed by atoms with Crippen LogP contribution in [0.25, 0.3) is 10.2 Å². The van der Waals surface area contributed by atoms with E-state index in [1.807, 2.05) is 12.1 Å². The van der Waals surface area contributed by atoms with E-state index < -0.39 is 0 Å². The number of ether oxygens (including phenoxy) is 1. The zero-order chi connectivity index (χ0) is 21.1. The molecule has 6 nitrogen and oxygen atoms in total. The second-order valence-electron chi connectivity index (χ2n) is 7.15. The molecule has 1 saturated heterocycles. The van der Waals surface area contributed by atoms with Crippen molar-refractivity contribution >= 4 is 50.0 Å². The second kappa shape index (κ2) is 9.22. The first-order valence-electron chi connectivity index (χ1n) is 9.80. The lowest BCUT2D eigenvalue weighted by atomic mass is 10.1. The number of hydrogen-bond acceptors (Lipinski definition) is 6. The third-order valence-electron chi connectivity index (χ3n) is 5.10. The van der Waals surface area contributed by atoms with Crippen molar-refractivity contribution in [2.24, 2.45) is 0 Å². The molecular formula is C22H22ClN3O3S. The smallest absolute Gasteiger partial charge is 0.260 e. The van der Waals surface area contributed by atoms with Crippen LogP contribution in [0.4, 0.5) is 5.13 Å². The number of thiazole rings is 1. The van der Waals surface area contributed by atoms with Crippen LogP contribution >= 0.6 is 22.9 Å². The first-order valence-corrected chi connectivity index (χ1v) is 11.0. The third kappa shape index (κ3) is 4.70. The summed E-state index contributed by atoms with van der Waals surface area (Å²) >= 11 is 7.57. The highest BCUT2D eigenvalue weighted by Gasteiger charge is 2.23. The normalized spacial score (nSPS) is 14.7. The number of Topliss-reactive ketones (excluding diaryl/α,β-unsaturated/α-hetero) is 1. The number of rotatable bonds is 6. The summed E-state index contributed by atoms with van der Waals surface area (Å²) in [4.78, 5) is 33.6. The van der Waals surface area contributed by atoms with E-state index in [0.717, 1.165) is 29.9 Å². The van der Waals surface area contributed by atoms with Gasteiger partial charge in [-0.1, -0.05) is 35.1 Å². The minimum absolute atomic E-state index is 0.0266. The topological polar surface area (TPSA) is 62.7 Å². The molecule has 0 saturated carbocycles. The van der Waals surface area contributed by atoms with Gasteiger partial charge in [0.15, 0.2) is 10.9 Å². The summed E-state index contributed by atoms with van der Waals surface area (Å²) in [6.07, 6.45) is 0. The van der Waals surface area contributed by atoms with E-state index in [4.69, 9.17) is 16.3 Å². The van der Waals surface area contributed by atoms with Gasteiger partial charge in [-0.25, -0.2) is 4.98 Å². The number of ketones is 1. The Morgan fingerprint density at radius 3 is 2.53 bits per heavy atom. The molecule has 1 aliphatic heterocycles. The summed E-state index contributed by atoms with van der Waals surface area (Å²) in [5, 5.41) is 1.28. The number of hydrogen-bond donors (Lipinski definition) is 0. The van der Waals surface area contributed by atoms with Gasteiger partial charge in [-0.2, -0.15) is 0 Å². The van der Waals surface area contributed by atoms with Gasteiger partial charge in [-0.05, 0) is 37.3 Å².